The van der Waals surface area contributed by atoms with Crippen molar-refractivity contribution < 1.29 is 9.90 Å². The van der Waals surface area contributed by atoms with Crippen LogP contribution in [0.4, 0.5) is 5.69 Å². The van der Waals surface area contributed by atoms with E-state index in [1.807, 2.05) is 36.4 Å². The number of H-pyrrole nitrogens is 1. The van der Waals surface area contributed by atoms with Gasteiger partial charge in [-0.25, -0.2) is 0 Å². The number of aromatic amines is 1. The Morgan fingerprint density at radius 1 is 0.931 bits per heavy atom. The number of aliphatic hydroxyl groups is 1. The van der Waals surface area contributed by atoms with E-state index in [-0.39, 0.29) is 0 Å². The monoisotopic (exact) mass is 422 g/mol. The molecule has 144 valence electrons. The Hall–Kier alpha value is -2.79. The fourth-order valence-corrected chi connectivity index (χ4v) is 4.31. The molecular formula is C23H16Cl2N2O2. The summed E-state index contributed by atoms with van der Waals surface area (Å²) in [6.45, 7) is 0.315. The lowest BCUT2D eigenvalue weighted by Crippen LogP contribution is -2.40. The highest BCUT2D eigenvalue weighted by molar-refractivity contribution is 6.31. The molecule has 1 aliphatic heterocycles. The van der Waals surface area contributed by atoms with Crippen LogP contribution in [0.25, 0.3) is 10.9 Å². The van der Waals surface area contributed by atoms with Crippen LogP contribution in [0.5, 0.6) is 0 Å². The summed E-state index contributed by atoms with van der Waals surface area (Å²) in [4.78, 5) is 18.3. The summed E-state index contributed by atoms with van der Waals surface area (Å²) in [7, 11) is 0. The topological polar surface area (TPSA) is 56.3 Å². The van der Waals surface area contributed by atoms with Crippen molar-refractivity contribution in [2.45, 2.75) is 12.1 Å². The van der Waals surface area contributed by atoms with Crippen LogP contribution in [0.3, 0.4) is 0 Å². The third-order valence-electron chi connectivity index (χ3n) is 5.43. The van der Waals surface area contributed by atoms with E-state index in [2.05, 4.69) is 4.98 Å². The largest absolute Gasteiger partial charge is 0.372 e. The molecule has 6 heteroatoms. The number of fused-ring (bicyclic) bond motifs is 2. The quantitative estimate of drug-likeness (QED) is 0.473. The Kier molecular flexibility index (Phi) is 4.17. The molecule has 4 nitrogen and oxygen atoms in total. The Morgan fingerprint density at radius 3 is 2.45 bits per heavy atom. The molecule has 3 aromatic carbocycles. The number of carbonyl (C=O) groups is 1. The Bertz CT molecular complexity index is 1250. The zero-order valence-electron chi connectivity index (χ0n) is 15.2. The maximum Gasteiger partial charge on any atom is 0.268 e. The first kappa shape index (κ1) is 18.3. The summed E-state index contributed by atoms with van der Waals surface area (Å²) in [5, 5.41) is 13.7. The third-order valence-corrected chi connectivity index (χ3v) is 5.91. The zero-order valence-corrected chi connectivity index (χ0v) is 16.7. The van der Waals surface area contributed by atoms with Gasteiger partial charge in [-0.15, -0.1) is 0 Å². The second-order valence-electron chi connectivity index (χ2n) is 7.14. The van der Waals surface area contributed by atoms with Crippen LogP contribution in [0.2, 0.25) is 10.0 Å². The van der Waals surface area contributed by atoms with Gasteiger partial charge in [-0.05, 0) is 42.0 Å². The first-order valence-electron chi connectivity index (χ1n) is 9.14. The van der Waals surface area contributed by atoms with Crippen LogP contribution in [-0.2, 0) is 16.9 Å². The molecule has 1 atom stereocenters. The van der Waals surface area contributed by atoms with Gasteiger partial charge in [0.25, 0.3) is 5.91 Å². The molecule has 1 amide bonds. The number of aromatic nitrogens is 1. The Labute approximate surface area is 177 Å². The van der Waals surface area contributed by atoms with Crippen LogP contribution in [0, 0.1) is 0 Å². The molecule has 0 unspecified atom stereocenters. The predicted molar refractivity (Wildman–Crippen MR) is 115 cm³/mol. The summed E-state index contributed by atoms with van der Waals surface area (Å²) in [5.41, 5.74) is 1.57. The second-order valence-corrected chi connectivity index (χ2v) is 8.01. The lowest BCUT2D eigenvalue weighted by Gasteiger charge is -2.23. The molecule has 2 N–H and O–H groups in total. The molecule has 0 aliphatic carbocycles. The summed E-state index contributed by atoms with van der Waals surface area (Å²) in [6.07, 6.45) is 1.69. The van der Waals surface area contributed by atoms with Crippen LogP contribution in [0.15, 0.2) is 72.9 Å². The van der Waals surface area contributed by atoms with Gasteiger partial charge in [0.2, 0.25) is 0 Å². The van der Waals surface area contributed by atoms with E-state index in [1.165, 1.54) is 0 Å². The first-order valence-corrected chi connectivity index (χ1v) is 9.89. The number of nitrogens with one attached hydrogen (secondary N) is 1. The van der Waals surface area contributed by atoms with Gasteiger partial charge in [-0.1, -0.05) is 53.5 Å². The van der Waals surface area contributed by atoms with Gasteiger partial charge in [0.1, 0.15) is 0 Å². The molecule has 0 fully saturated rings. The number of rotatable bonds is 3. The highest BCUT2D eigenvalue weighted by atomic mass is 35.5. The fraction of sp³-hybridized carbons (Fsp3) is 0.0870. The van der Waals surface area contributed by atoms with Crippen molar-refractivity contribution in [3.05, 3.63) is 99.7 Å². The summed E-state index contributed by atoms with van der Waals surface area (Å²) >= 11 is 12.2. The van der Waals surface area contributed by atoms with Crippen molar-refractivity contribution in [1.29, 1.82) is 0 Å². The maximum atomic E-state index is 13.6. The smallest absolute Gasteiger partial charge is 0.268 e. The Morgan fingerprint density at radius 2 is 1.66 bits per heavy atom. The molecule has 5 rings (SSSR count). The predicted octanol–water partition coefficient (Wildman–Crippen LogP) is 5.26. The summed E-state index contributed by atoms with van der Waals surface area (Å²) < 4.78 is 0. The molecule has 4 aromatic rings. The van der Waals surface area contributed by atoms with Gasteiger partial charge in [0, 0.05) is 38.3 Å². The van der Waals surface area contributed by atoms with Gasteiger partial charge in [-0.3, -0.25) is 4.79 Å². The van der Waals surface area contributed by atoms with Gasteiger partial charge in [-0.2, -0.15) is 0 Å². The normalized spacial score (nSPS) is 18.4. The molecule has 0 saturated heterocycles. The number of nitrogens with zero attached hydrogens (tertiary/aromatic N) is 1. The van der Waals surface area contributed by atoms with E-state index >= 15 is 0 Å². The molecule has 0 bridgehead atoms. The number of hydrogen-bond donors (Lipinski definition) is 2. The van der Waals surface area contributed by atoms with Gasteiger partial charge >= 0.3 is 0 Å². The van der Waals surface area contributed by atoms with Crippen molar-refractivity contribution in [1.82, 2.24) is 4.98 Å². The molecule has 29 heavy (non-hydrogen) atoms. The summed E-state index contributed by atoms with van der Waals surface area (Å²) in [6, 6.07) is 20.1. The average molecular weight is 423 g/mol. The summed E-state index contributed by atoms with van der Waals surface area (Å²) in [5.74, 6) is -0.408. The second kappa shape index (κ2) is 6.63. The van der Waals surface area contributed by atoms with Crippen LogP contribution >= 0.6 is 23.2 Å². The minimum Gasteiger partial charge on any atom is -0.372 e. The van der Waals surface area contributed by atoms with Crippen molar-refractivity contribution in [3.63, 3.8) is 0 Å². The van der Waals surface area contributed by atoms with E-state index in [1.54, 1.807) is 41.4 Å². The number of amides is 1. The third kappa shape index (κ3) is 2.76. The lowest BCUT2D eigenvalue weighted by molar-refractivity contribution is -0.132. The Balaban J connectivity index is 1.68. The van der Waals surface area contributed by atoms with Gasteiger partial charge in [0.05, 0.1) is 12.2 Å². The molecule has 1 aromatic heterocycles. The first-order chi connectivity index (χ1) is 14.0. The molecule has 0 radical (unpaired) electrons. The molecular weight excluding hydrogens is 407 g/mol. The van der Waals surface area contributed by atoms with E-state index in [4.69, 9.17) is 23.2 Å². The SMILES string of the molecule is O=C1N(Cc2ccc(Cl)cc2)c2ccc(Cl)cc2[C@]1(O)c1c[nH]c2ccccc12. The molecule has 0 spiro atoms. The van der Waals surface area contributed by atoms with E-state index in [9.17, 15) is 9.90 Å². The minimum atomic E-state index is -1.83. The number of anilines is 1. The number of carbonyl (C=O) groups excluding carboxylic acids is 1. The van der Waals surface area contributed by atoms with E-state index in [0.717, 1.165) is 16.5 Å². The maximum absolute atomic E-state index is 13.6. The number of para-hydroxylation sites is 1. The molecule has 1 aliphatic rings. The van der Waals surface area contributed by atoms with Crippen molar-refractivity contribution in [2.24, 2.45) is 0 Å². The van der Waals surface area contributed by atoms with Gasteiger partial charge < -0.3 is 15.0 Å². The van der Waals surface area contributed by atoms with Crippen LogP contribution < -0.4 is 4.90 Å². The highest BCUT2D eigenvalue weighted by Crippen LogP contribution is 2.47. The average Bonchev–Trinajstić information content (AvgIpc) is 3.24. The van der Waals surface area contributed by atoms with Crippen molar-refractivity contribution in [3.8, 4) is 0 Å². The van der Waals surface area contributed by atoms with E-state index in [0.29, 0.717) is 33.4 Å². The van der Waals surface area contributed by atoms with Gasteiger partial charge in [0.15, 0.2) is 5.60 Å². The molecule has 0 saturated carbocycles. The standard InChI is InChI=1S/C23H16Cl2N2O2/c24-15-7-5-14(6-8-15)13-27-21-10-9-16(25)11-18(21)23(29,22(27)28)19-12-26-20-4-2-1-3-17(19)20/h1-12,26,29H,13H2/t23-/m0/s1. The minimum absolute atomic E-state index is 0.315. The highest BCUT2D eigenvalue weighted by Gasteiger charge is 2.52. The van der Waals surface area contributed by atoms with Crippen LogP contribution in [0.1, 0.15) is 16.7 Å². The number of hydrogen-bond acceptors (Lipinski definition) is 2. The molecule has 2 heterocycles. The number of benzene rings is 3. The fourth-order valence-electron chi connectivity index (χ4n) is 4.01. The van der Waals surface area contributed by atoms with Crippen LogP contribution in [-0.4, -0.2) is 16.0 Å². The van der Waals surface area contributed by atoms with Crippen molar-refractivity contribution in [2.75, 3.05) is 4.90 Å². The zero-order chi connectivity index (χ0) is 20.2. The number of halogens is 2. The van der Waals surface area contributed by atoms with E-state index < -0.39 is 11.5 Å². The van der Waals surface area contributed by atoms with Crippen molar-refractivity contribution >= 4 is 45.7 Å². The lowest BCUT2D eigenvalue weighted by atomic mass is 9.87.